The van der Waals surface area contributed by atoms with E-state index in [0.717, 1.165) is 12.1 Å². The van der Waals surface area contributed by atoms with E-state index in [4.69, 9.17) is 16.7 Å². The summed E-state index contributed by atoms with van der Waals surface area (Å²) in [6.45, 7) is 0.148. The third kappa shape index (κ3) is 5.44. The monoisotopic (exact) mass is 323 g/mol. The van der Waals surface area contributed by atoms with Crippen molar-refractivity contribution in [3.8, 4) is 0 Å². The Morgan fingerprint density at radius 1 is 1.30 bits per heavy atom. The van der Waals surface area contributed by atoms with Crippen LogP contribution in [0.25, 0.3) is 0 Å². The van der Waals surface area contributed by atoms with Gasteiger partial charge in [0.05, 0.1) is 5.02 Å². The predicted octanol–water partition coefficient (Wildman–Crippen LogP) is 2.40. The molecule has 1 aromatic rings. The van der Waals surface area contributed by atoms with Crippen molar-refractivity contribution >= 4 is 27.6 Å². The Morgan fingerprint density at radius 2 is 2.00 bits per heavy atom. The van der Waals surface area contributed by atoms with Gasteiger partial charge in [-0.2, -0.15) is 0 Å². The molecule has 2 N–H and O–H groups in total. The summed E-state index contributed by atoms with van der Waals surface area (Å²) in [5.74, 6) is -1.56. The number of carboxylic acid groups (broad SMARTS) is 1. The quantitative estimate of drug-likeness (QED) is 0.720. The van der Waals surface area contributed by atoms with Crippen LogP contribution in [0.4, 0.5) is 4.39 Å². The number of unbranched alkanes of at least 4 members (excludes halogenated alkanes) is 2. The van der Waals surface area contributed by atoms with E-state index in [2.05, 4.69) is 4.72 Å². The van der Waals surface area contributed by atoms with Gasteiger partial charge in [0.1, 0.15) is 10.7 Å². The Kier molecular flexibility index (Phi) is 6.38. The highest BCUT2D eigenvalue weighted by Gasteiger charge is 2.18. The Bertz CT molecular complexity index is 577. The van der Waals surface area contributed by atoms with Crippen LogP contribution < -0.4 is 4.72 Å². The normalized spacial score (nSPS) is 11.5. The fourth-order valence-electron chi connectivity index (χ4n) is 1.55. The van der Waals surface area contributed by atoms with Gasteiger partial charge >= 0.3 is 5.97 Å². The number of carboxylic acids is 1. The van der Waals surface area contributed by atoms with Crippen molar-refractivity contribution in [3.05, 3.63) is 29.0 Å². The average Bonchev–Trinajstić information content (AvgIpc) is 2.36. The minimum Gasteiger partial charge on any atom is -0.481 e. The van der Waals surface area contributed by atoms with E-state index in [1.54, 1.807) is 0 Å². The van der Waals surface area contributed by atoms with E-state index in [1.807, 2.05) is 0 Å². The maximum atomic E-state index is 13.0. The summed E-state index contributed by atoms with van der Waals surface area (Å²) < 4.78 is 39.1. The van der Waals surface area contributed by atoms with E-state index in [9.17, 15) is 17.6 Å². The van der Waals surface area contributed by atoms with Gasteiger partial charge in [0.2, 0.25) is 10.0 Å². The number of rotatable bonds is 8. The largest absolute Gasteiger partial charge is 0.481 e. The lowest BCUT2D eigenvalue weighted by Crippen LogP contribution is -2.25. The van der Waals surface area contributed by atoms with Gasteiger partial charge in [0, 0.05) is 13.0 Å². The molecule has 20 heavy (non-hydrogen) atoms. The summed E-state index contributed by atoms with van der Waals surface area (Å²) in [4.78, 5) is 9.98. The van der Waals surface area contributed by atoms with Gasteiger partial charge in [0.25, 0.3) is 0 Å². The fourth-order valence-corrected chi connectivity index (χ4v) is 3.13. The topological polar surface area (TPSA) is 83.5 Å². The highest BCUT2D eigenvalue weighted by atomic mass is 35.5. The van der Waals surface area contributed by atoms with Crippen molar-refractivity contribution in [1.29, 1.82) is 0 Å². The molecule has 0 saturated carbocycles. The van der Waals surface area contributed by atoms with Crippen LogP contribution >= 0.6 is 11.6 Å². The first-order chi connectivity index (χ1) is 9.33. The van der Waals surface area contributed by atoms with Crippen LogP contribution in [-0.2, 0) is 14.8 Å². The molecular weight excluding hydrogens is 309 g/mol. The molecule has 0 heterocycles. The highest BCUT2D eigenvalue weighted by molar-refractivity contribution is 7.89. The van der Waals surface area contributed by atoms with Gasteiger partial charge in [0.15, 0.2) is 0 Å². The summed E-state index contributed by atoms with van der Waals surface area (Å²) in [7, 11) is -3.86. The van der Waals surface area contributed by atoms with Crippen molar-refractivity contribution in [2.75, 3.05) is 6.54 Å². The molecule has 0 unspecified atom stereocenters. The molecule has 0 fully saturated rings. The molecule has 112 valence electrons. The summed E-state index contributed by atoms with van der Waals surface area (Å²) >= 11 is 5.73. The number of hydrogen-bond donors (Lipinski definition) is 2. The van der Waals surface area contributed by atoms with Crippen LogP contribution in [0, 0.1) is 5.82 Å². The summed E-state index contributed by atoms with van der Waals surface area (Å²) in [6, 6.07) is 3.11. The van der Waals surface area contributed by atoms with E-state index in [0.29, 0.717) is 19.3 Å². The molecule has 0 aromatic heterocycles. The number of aliphatic carboxylic acids is 1. The molecule has 1 aromatic carbocycles. The van der Waals surface area contributed by atoms with E-state index in [-0.39, 0.29) is 22.9 Å². The molecule has 0 amide bonds. The molecule has 0 aliphatic carbocycles. The van der Waals surface area contributed by atoms with Gasteiger partial charge in [-0.1, -0.05) is 18.0 Å². The zero-order valence-corrected chi connectivity index (χ0v) is 12.2. The molecule has 0 bridgehead atoms. The lowest BCUT2D eigenvalue weighted by molar-refractivity contribution is -0.137. The van der Waals surface area contributed by atoms with Crippen molar-refractivity contribution < 1.29 is 22.7 Å². The average molecular weight is 324 g/mol. The molecular formula is C12H15ClFNO4S. The van der Waals surface area contributed by atoms with Crippen LogP contribution in [0.2, 0.25) is 5.02 Å². The maximum absolute atomic E-state index is 13.0. The Labute approximate surface area is 121 Å². The lowest BCUT2D eigenvalue weighted by Gasteiger charge is -2.08. The van der Waals surface area contributed by atoms with Crippen LogP contribution in [0.1, 0.15) is 25.7 Å². The second-order valence-corrected chi connectivity index (χ2v) is 6.32. The molecule has 0 aliphatic heterocycles. The van der Waals surface area contributed by atoms with Gasteiger partial charge in [-0.25, -0.2) is 17.5 Å². The van der Waals surface area contributed by atoms with Crippen LogP contribution in [0.15, 0.2) is 23.1 Å². The number of carbonyl (C=O) groups is 1. The predicted molar refractivity (Wildman–Crippen MR) is 72.7 cm³/mol. The minimum absolute atomic E-state index is 0.0511. The number of benzene rings is 1. The van der Waals surface area contributed by atoms with Crippen molar-refractivity contribution in [3.63, 3.8) is 0 Å². The van der Waals surface area contributed by atoms with Crippen LogP contribution in [0.3, 0.4) is 0 Å². The zero-order chi connectivity index (χ0) is 15.2. The van der Waals surface area contributed by atoms with Gasteiger partial charge < -0.3 is 5.11 Å². The second kappa shape index (κ2) is 7.56. The Balaban J connectivity index is 2.50. The first kappa shape index (κ1) is 16.9. The standard InChI is InChI=1S/C12H15ClFNO4S/c13-10-6-5-9(14)8-11(10)20(18,19)15-7-3-1-2-4-12(16)17/h5-6,8,15H,1-4,7H2,(H,16,17). The Morgan fingerprint density at radius 3 is 2.65 bits per heavy atom. The molecule has 1 rings (SSSR count). The van der Waals surface area contributed by atoms with Gasteiger partial charge in [-0.05, 0) is 31.0 Å². The van der Waals surface area contributed by atoms with Crippen LogP contribution in [-0.4, -0.2) is 26.0 Å². The first-order valence-corrected chi connectivity index (χ1v) is 7.85. The third-order valence-electron chi connectivity index (χ3n) is 2.54. The SMILES string of the molecule is O=C(O)CCCCCNS(=O)(=O)c1cc(F)ccc1Cl. The number of hydrogen-bond acceptors (Lipinski definition) is 3. The first-order valence-electron chi connectivity index (χ1n) is 5.99. The highest BCUT2D eigenvalue weighted by Crippen LogP contribution is 2.21. The molecule has 8 heteroatoms. The Hall–Kier alpha value is -1.18. The molecule has 0 saturated heterocycles. The maximum Gasteiger partial charge on any atom is 0.303 e. The molecule has 0 atom stereocenters. The molecule has 0 aliphatic rings. The third-order valence-corrected chi connectivity index (χ3v) is 4.48. The van der Waals surface area contributed by atoms with Crippen molar-refractivity contribution in [1.82, 2.24) is 4.72 Å². The number of sulfonamides is 1. The van der Waals surface area contributed by atoms with Crippen molar-refractivity contribution in [2.45, 2.75) is 30.6 Å². The summed E-state index contributed by atoms with van der Waals surface area (Å²) in [6.07, 6.45) is 1.63. The van der Waals surface area contributed by atoms with Gasteiger partial charge in [-0.3, -0.25) is 4.79 Å². The molecule has 0 radical (unpaired) electrons. The number of halogens is 2. The van der Waals surface area contributed by atoms with Crippen molar-refractivity contribution in [2.24, 2.45) is 0 Å². The number of nitrogens with one attached hydrogen (secondary N) is 1. The lowest BCUT2D eigenvalue weighted by atomic mass is 10.2. The van der Waals surface area contributed by atoms with Crippen LogP contribution in [0.5, 0.6) is 0 Å². The summed E-state index contributed by atoms with van der Waals surface area (Å²) in [5.41, 5.74) is 0. The zero-order valence-electron chi connectivity index (χ0n) is 10.6. The van der Waals surface area contributed by atoms with E-state index in [1.165, 1.54) is 6.07 Å². The smallest absolute Gasteiger partial charge is 0.303 e. The van der Waals surface area contributed by atoms with Gasteiger partial charge in [-0.15, -0.1) is 0 Å². The van der Waals surface area contributed by atoms with E-state index >= 15 is 0 Å². The summed E-state index contributed by atoms with van der Waals surface area (Å²) in [5, 5.41) is 8.39. The minimum atomic E-state index is -3.86. The molecule has 0 spiro atoms. The van der Waals surface area contributed by atoms with E-state index < -0.39 is 21.8 Å². The molecule has 5 nitrogen and oxygen atoms in total. The fraction of sp³-hybridized carbons (Fsp3) is 0.417. The second-order valence-electron chi connectivity index (χ2n) is 4.18.